The van der Waals surface area contributed by atoms with Crippen molar-refractivity contribution in [3.8, 4) is 0 Å². The molecule has 0 saturated carbocycles. The van der Waals surface area contributed by atoms with E-state index in [1.807, 2.05) is 0 Å². The van der Waals surface area contributed by atoms with Gasteiger partial charge in [0.2, 0.25) is 0 Å². The fourth-order valence-corrected chi connectivity index (χ4v) is 6.35. The average Bonchev–Trinajstić information content (AvgIpc) is 2.75. The number of hydrogen-bond donors (Lipinski definition) is 0. The zero-order chi connectivity index (χ0) is 23.6. The molecule has 2 heteroatoms. The van der Waals surface area contributed by atoms with Gasteiger partial charge < -0.3 is 0 Å². The van der Waals surface area contributed by atoms with Crippen molar-refractivity contribution in [2.24, 2.45) is 0 Å². The van der Waals surface area contributed by atoms with Crippen LogP contribution < -0.4 is 0 Å². The molecule has 0 saturated heterocycles. The van der Waals surface area contributed by atoms with E-state index in [1.165, 1.54) is 173 Å². The first-order chi connectivity index (χ1) is 15.6. The van der Waals surface area contributed by atoms with E-state index < -0.39 is 7.38 Å². The highest BCUT2D eigenvalue weighted by atomic mass is 35.6. The molecule has 0 rings (SSSR count). The van der Waals surface area contributed by atoms with Gasteiger partial charge in [-0.05, 0) is 6.04 Å². The molecule has 0 atom stereocenters. The lowest BCUT2D eigenvalue weighted by molar-refractivity contribution is 0.516. The van der Waals surface area contributed by atoms with Gasteiger partial charge in [-0.3, -0.25) is 0 Å². The number of unbranched alkanes of at least 4 members (excludes halogenated alkanes) is 25. The van der Waals surface area contributed by atoms with E-state index in [1.54, 1.807) is 0 Å². The normalized spacial score (nSPS) is 12.0. The van der Waals surface area contributed by atoms with Gasteiger partial charge >= 0.3 is 0 Å². The van der Waals surface area contributed by atoms with Gasteiger partial charge in [-0.1, -0.05) is 187 Å². The zero-order valence-corrected chi connectivity index (χ0v) is 24.7. The van der Waals surface area contributed by atoms with Crippen LogP contribution in [0.2, 0.25) is 19.1 Å². The monoisotopic (exact) mass is 486 g/mol. The minimum atomic E-state index is -1.31. The van der Waals surface area contributed by atoms with Crippen molar-refractivity contribution >= 4 is 18.5 Å². The molecule has 0 radical (unpaired) electrons. The highest BCUT2D eigenvalue weighted by molar-refractivity contribution is 7.19. The molecule has 0 aliphatic carbocycles. The smallest absolute Gasteiger partial charge is 0.150 e. The third-order valence-corrected chi connectivity index (χ3v) is 9.23. The summed E-state index contributed by atoms with van der Waals surface area (Å²) < 4.78 is 0. The van der Waals surface area contributed by atoms with Crippen LogP contribution in [0.15, 0.2) is 0 Å². The highest BCUT2D eigenvalue weighted by Crippen LogP contribution is 2.20. The summed E-state index contributed by atoms with van der Waals surface area (Å²) in [5.74, 6) is 0. The van der Waals surface area contributed by atoms with Crippen LogP contribution in [0.5, 0.6) is 0 Å². The van der Waals surface area contributed by atoms with Crippen molar-refractivity contribution in [1.82, 2.24) is 0 Å². The minimum absolute atomic E-state index is 1.30. The Morgan fingerprint density at radius 1 is 0.344 bits per heavy atom. The highest BCUT2D eigenvalue weighted by Gasteiger charge is 2.15. The molecule has 0 aromatic carbocycles. The molecule has 0 fully saturated rings. The number of halogens is 1. The Hall–Kier alpha value is 0.507. The maximum atomic E-state index is 6.38. The summed E-state index contributed by atoms with van der Waals surface area (Å²) >= 11 is 6.38. The van der Waals surface area contributed by atoms with E-state index in [0.29, 0.717) is 0 Å². The van der Waals surface area contributed by atoms with Crippen LogP contribution in [0, 0.1) is 0 Å². The van der Waals surface area contributed by atoms with Gasteiger partial charge in [-0.25, -0.2) is 0 Å². The van der Waals surface area contributed by atoms with E-state index in [9.17, 15) is 0 Å². The lowest BCUT2D eigenvalue weighted by Crippen LogP contribution is -2.14. The summed E-state index contributed by atoms with van der Waals surface area (Å²) in [5, 5.41) is 0. The molecule has 0 amide bonds. The molecule has 0 aliphatic rings. The molecule has 0 nitrogen and oxygen atoms in total. The first-order valence-corrected chi connectivity index (χ1v) is 19.5. The minimum Gasteiger partial charge on any atom is -0.168 e. The van der Waals surface area contributed by atoms with Crippen molar-refractivity contribution < 1.29 is 0 Å². The van der Waals surface area contributed by atoms with Crippen molar-refractivity contribution in [3.63, 3.8) is 0 Å². The standard InChI is InChI=1S/C30H63ClSi/c1-4-5-6-7-8-9-10-11-12-13-14-15-16-17-18-19-20-21-22-23-24-25-26-27-28-29-30-32(2,3)31/h4-30H2,1-3H3. The Kier molecular flexibility index (Phi) is 26.5. The Bertz CT molecular complexity index is 336. The molecular formula is C30H63ClSi. The maximum absolute atomic E-state index is 6.38. The van der Waals surface area contributed by atoms with Crippen LogP contribution in [0.25, 0.3) is 0 Å². The van der Waals surface area contributed by atoms with Gasteiger partial charge in [0.25, 0.3) is 0 Å². The fraction of sp³-hybridized carbons (Fsp3) is 1.00. The summed E-state index contributed by atoms with van der Waals surface area (Å²) in [4.78, 5) is 0. The second-order valence-electron chi connectivity index (χ2n) is 11.3. The molecule has 0 aromatic heterocycles. The van der Waals surface area contributed by atoms with Crippen LogP contribution in [-0.4, -0.2) is 7.38 Å². The first-order valence-electron chi connectivity index (χ1n) is 15.2. The second kappa shape index (κ2) is 26.1. The molecule has 0 bridgehead atoms. The lowest BCUT2D eigenvalue weighted by Gasteiger charge is -2.11. The summed E-state index contributed by atoms with van der Waals surface area (Å²) in [6, 6.07) is 1.30. The number of rotatable bonds is 27. The van der Waals surface area contributed by atoms with E-state index in [4.69, 9.17) is 11.1 Å². The first kappa shape index (κ1) is 32.5. The fourth-order valence-electron chi connectivity index (χ4n) is 4.86. The summed E-state index contributed by atoms with van der Waals surface area (Å²) in [6.45, 7) is 6.85. The SMILES string of the molecule is CCCCCCCCCCCCCCCCCCCCCCCCCCCC[Si](C)(C)Cl. The van der Waals surface area contributed by atoms with Gasteiger partial charge in [0, 0.05) is 0 Å². The largest absolute Gasteiger partial charge is 0.168 e. The van der Waals surface area contributed by atoms with Crippen LogP contribution in [-0.2, 0) is 0 Å². The molecule has 0 N–H and O–H groups in total. The Balaban J connectivity index is 3.02. The molecule has 0 aliphatic heterocycles. The van der Waals surface area contributed by atoms with Gasteiger partial charge in [-0.2, -0.15) is 11.1 Å². The molecule has 32 heavy (non-hydrogen) atoms. The van der Waals surface area contributed by atoms with Crippen molar-refractivity contribution in [2.75, 3.05) is 0 Å². The molecular weight excluding hydrogens is 424 g/mol. The summed E-state index contributed by atoms with van der Waals surface area (Å²) in [7, 11) is -1.31. The van der Waals surface area contributed by atoms with E-state index in [-0.39, 0.29) is 0 Å². The van der Waals surface area contributed by atoms with Crippen LogP contribution in [0.1, 0.15) is 174 Å². The molecule has 0 unspecified atom stereocenters. The third-order valence-electron chi connectivity index (χ3n) is 7.12. The third kappa shape index (κ3) is 30.5. The second-order valence-corrected chi connectivity index (χ2v) is 18.3. The van der Waals surface area contributed by atoms with Gasteiger partial charge in [0.1, 0.15) is 7.38 Å². The average molecular weight is 487 g/mol. The van der Waals surface area contributed by atoms with Crippen LogP contribution in [0.3, 0.4) is 0 Å². The van der Waals surface area contributed by atoms with Crippen molar-refractivity contribution in [3.05, 3.63) is 0 Å². The Morgan fingerprint density at radius 3 is 0.719 bits per heavy atom. The van der Waals surface area contributed by atoms with Gasteiger partial charge in [0.15, 0.2) is 0 Å². The number of hydrogen-bond acceptors (Lipinski definition) is 0. The predicted molar refractivity (Wildman–Crippen MR) is 154 cm³/mol. The summed E-state index contributed by atoms with van der Waals surface area (Å²) in [6.07, 6.45) is 38.1. The van der Waals surface area contributed by atoms with E-state index in [0.717, 1.165) is 0 Å². The zero-order valence-electron chi connectivity index (χ0n) is 23.0. The molecule has 0 aromatic rings. The molecule has 0 spiro atoms. The Labute approximate surface area is 211 Å². The lowest BCUT2D eigenvalue weighted by atomic mass is 10.0. The van der Waals surface area contributed by atoms with Gasteiger partial charge in [-0.15, -0.1) is 0 Å². The van der Waals surface area contributed by atoms with E-state index in [2.05, 4.69) is 20.0 Å². The topological polar surface area (TPSA) is 0 Å². The summed E-state index contributed by atoms with van der Waals surface area (Å²) in [5.41, 5.74) is 0. The van der Waals surface area contributed by atoms with Crippen molar-refractivity contribution in [2.45, 2.75) is 193 Å². The van der Waals surface area contributed by atoms with Crippen LogP contribution in [0.4, 0.5) is 0 Å². The quantitative estimate of drug-likeness (QED) is 0.0614. The molecule has 194 valence electrons. The molecule has 0 heterocycles. The predicted octanol–water partition coefficient (Wildman–Crippen LogP) is 12.6. The Morgan fingerprint density at radius 2 is 0.531 bits per heavy atom. The van der Waals surface area contributed by atoms with Gasteiger partial charge in [0.05, 0.1) is 0 Å². The van der Waals surface area contributed by atoms with E-state index >= 15 is 0 Å². The van der Waals surface area contributed by atoms with Crippen LogP contribution >= 0.6 is 11.1 Å². The maximum Gasteiger partial charge on any atom is 0.150 e. The van der Waals surface area contributed by atoms with Crippen molar-refractivity contribution in [1.29, 1.82) is 0 Å².